The van der Waals surface area contributed by atoms with Gasteiger partial charge >= 0.3 is 0 Å². The van der Waals surface area contributed by atoms with Crippen LogP contribution in [0.5, 0.6) is 0 Å². The maximum atomic E-state index is 2.39. The monoisotopic (exact) mass is 224 g/mol. The summed E-state index contributed by atoms with van der Waals surface area (Å²) < 4.78 is 0. The van der Waals surface area contributed by atoms with Crippen molar-refractivity contribution in [1.82, 2.24) is 0 Å². The minimum atomic E-state index is 0.685. The standard InChI is InChI=1S/C16H32/c1-5-9-10-11-14-12-15(14)13-16(6-2,7-3)8-4/h14-15H,5-13H2,1-4H3. The molecule has 2 atom stereocenters. The predicted octanol–water partition coefficient (Wildman–Crippen LogP) is 5.81. The van der Waals surface area contributed by atoms with Gasteiger partial charge in [0.05, 0.1) is 0 Å². The van der Waals surface area contributed by atoms with E-state index in [4.69, 9.17) is 0 Å². The van der Waals surface area contributed by atoms with Crippen LogP contribution in [0, 0.1) is 17.3 Å². The van der Waals surface area contributed by atoms with Gasteiger partial charge in [0.25, 0.3) is 0 Å². The summed E-state index contributed by atoms with van der Waals surface area (Å²) in [5.41, 5.74) is 0.685. The number of hydrogen-bond donors (Lipinski definition) is 0. The third-order valence-electron chi connectivity index (χ3n) is 5.19. The summed E-state index contributed by atoms with van der Waals surface area (Å²) in [7, 11) is 0. The van der Waals surface area contributed by atoms with Crippen molar-refractivity contribution in [1.29, 1.82) is 0 Å². The minimum Gasteiger partial charge on any atom is -0.0654 e. The summed E-state index contributed by atoms with van der Waals surface area (Å²) in [4.78, 5) is 0. The van der Waals surface area contributed by atoms with Crippen LogP contribution in [-0.2, 0) is 0 Å². The molecule has 1 aliphatic rings. The van der Waals surface area contributed by atoms with Crippen molar-refractivity contribution in [2.45, 2.75) is 85.5 Å². The van der Waals surface area contributed by atoms with E-state index in [1.807, 2.05) is 0 Å². The van der Waals surface area contributed by atoms with Gasteiger partial charge in [-0.2, -0.15) is 0 Å². The Bertz CT molecular complexity index is 170. The maximum absolute atomic E-state index is 2.39. The molecule has 2 unspecified atom stereocenters. The van der Waals surface area contributed by atoms with E-state index in [0.29, 0.717) is 5.41 Å². The lowest BCUT2D eigenvalue weighted by atomic mass is 9.75. The van der Waals surface area contributed by atoms with Crippen molar-refractivity contribution in [2.24, 2.45) is 17.3 Å². The van der Waals surface area contributed by atoms with Crippen LogP contribution in [0.15, 0.2) is 0 Å². The smallest absolute Gasteiger partial charge is 0.0303 e. The molecule has 0 N–H and O–H groups in total. The highest BCUT2D eigenvalue weighted by Crippen LogP contribution is 2.51. The van der Waals surface area contributed by atoms with Gasteiger partial charge in [0.2, 0.25) is 0 Å². The van der Waals surface area contributed by atoms with Crippen LogP contribution >= 0.6 is 0 Å². The lowest BCUT2D eigenvalue weighted by molar-refractivity contribution is 0.210. The molecule has 0 spiro atoms. The van der Waals surface area contributed by atoms with Crippen molar-refractivity contribution in [3.63, 3.8) is 0 Å². The molecule has 0 amide bonds. The molecule has 0 saturated heterocycles. The molecule has 1 aliphatic carbocycles. The van der Waals surface area contributed by atoms with Crippen molar-refractivity contribution in [3.8, 4) is 0 Å². The average Bonchev–Trinajstić information content (AvgIpc) is 3.05. The largest absolute Gasteiger partial charge is 0.0654 e. The van der Waals surface area contributed by atoms with E-state index >= 15 is 0 Å². The summed E-state index contributed by atoms with van der Waals surface area (Å²) in [6.45, 7) is 9.48. The molecule has 0 heterocycles. The average molecular weight is 224 g/mol. The molecule has 1 rings (SSSR count). The molecule has 0 aromatic heterocycles. The summed E-state index contributed by atoms with van der Waals surface area (Å²) in [6.07, 6.45) is 13.1. The molecule has 0 bridgehead atoms. The first-order chi connectivity index (χ1) is 7.71. The highest BCUT2D eigenvalue weighted by molar-refractivity contribution is 4.91. The van der Waals surface area contributed by atoms with E-state index < -0.39 is 0 Å². The molecule has 1 saturated carbocycles. The second-order valence-corrected chi connectivity index (χ2v) is 6.02. The highest BCUT2D eigenvalue weighted by atomic mass is 14.5. The molecule has 96 valence electrons. The van der Waals surface area contributed by atoms with Crippen molar-refractivity contribution >= 4 is 0 Å². The third kappa shape index (κ3) is 3.79. The summed E-state index contributed by atoms with van der Waals surface area (Å²) in [5.74, 6) is 2.20. The first kappa shape index (κ1) is 14.1. The quantitative estimate of drug-likeness (QED) is 0.434. The Morgan fingerprint density at radius 2 is 1.50 bits per heavy atom. The summed E-state index contributed by atoms with van der Waals surface area (Å²) in [6, 6.07) is 0. The van der Waals surface area contributed by atoms with Crippen molar-refractivity contribution in [2.75, 3.05) is 0 Å². The van der Waals surface area contributed by atoms with E-state index in [0.717, 1.165) is 11.8 Å². The molecular weight excluding hydrogens is 192 g/mol. The number of unbranched alkanes of at least 4 members (excludes halogenated alkanes) is 2. The fraction of sp³-hybridized carbons (Fsp3) is 1.00. The normalized spacial score (nSPS) is 24.8. The maximum Gasteiger partial charge on any atom is -0.0303 e. The van der Waals surface area contributed by atoms with Gasteiger partial charge in [0, 0.05) is 0 Å². The van der Waals surface area contributed by atoms with Gasteiger partial charge in [0.1, 0.15) is 0 Å². The van der Waals surface area contributed by atoms with Crippen LogP contribution in [-0.4, -0.2) is 0 Å². The summed E-state index contributed by atoms with van der Waals surface area (Å²) >= 11 is 0. The molecule has 0 nitrogen and oxygen atoms in total. The molecule has 0 aromatic rings. The highest BCUT2D eigenvalue weighted by Gasteiger charge is 2.41. The topological polar surface area (TPSA) is 0 Å². The Balaban J connectivity index is 2.23. The van der Waals surface area contributed by atoms with E-state index in [2.05, 4.69) is 27.7 Å². The van der Waals surface area contributed by atoms with E-state index in [1.165, 1.54) is 51.4 Å². The van der Waals surface area contributed by atoms with Crippen LogP contribution in [0.1, 0.15) is 85.5 Å². The molecular formula is C16H32. The zero-order valence-electron chi connectivity index (χ0n) is 12.0. The minimum absolute atomic E-state index is 0.685. The second-order valence-electron chi connectivity index (χ2n) is 6.02. The van der Waals surface area contributed by atoms with Crippen molar-refractivity contribution < 1.29 is 0 Å². The zero-order valence-corrected chi connectivity index (χ0v) is 12.0. The van der Waals surface area contributed by atoms with Crippen LogP contribution in [0.3, 0.4) is 0 Å². The van der Waals surface area contributed by atoms with Crippen LogP contribution < -0.4 is 0 Å². The third-order valence-corrected chi connectivity index (χ3v) is 5.19. The fourth-order valence-corrected chi connectivity index (χ4v) is 3.31. The Morgan fingerprint density at radius 3 is 2.00 bits per heavy atom. The Labute approximate surface area is 103 Å². The van der Waals surface area contributed by atoms with Gasteiger partial charge in [-0.05, 0) is 30.1 Å². The van der Waals surface area contributed by atoms with Gasteiger partial charge in [-0.25, -0.2) is 0 Å². The van der Waals surface area contributed by atoms with Gasteiger partial charge in [-0.15, -0.1) is 0 Å². The molecule has 0 aromatic carbocycles. The van der Waals surface area contributed by atoms with E-state index in [9.17, 15) is 0 Å². The van der Waals surface area contributed by atoms with Crippen molar-refractivity contribution in [3.05, 3.63) is 0 Å². The summed E-state index contributed by atoms with van der Waals surface area (Å²) in [5, 5.41) is 0. The number of hydrogen-bond acceptors (Lipinski definition) is 0. The van der Waals surface area contributed by atoms with Gasteiger partial charge in [0.15, 0.2) is 0 Å². The molecule has 1 fully saturated rings. The first-order valence-corrected chi connectivity index (χ1v) is 7.71. The molecule has 16 heavy (non-hydrogen) atoms. The Kier molecular flexibility index (Phi) is 5.86. The van der Waals surface area contributed by atoms with Crippen LogP contribution in [0.4, 0.5) is 0 Å². The van der Waals surface area contributed by atoms with E-state index in [-0.39, 0.29) is 0 Å². The van der Waals surface area contributed by atoms with Crippen LogP contribution in [0.2, 0.25) is 0 Å². The molecule has 0 aliphatic heterocycles. The fourth-order valence-electron chi connectivity index (χ4n) is 3.31. The Hall–Kier alpha value is 0. The number of rotatable bonds is 9. The Morgan fingerprint density at radius 1 is 0.875 bits per heavy atom. The van der Waals surface area contributed by atoms with Crippen LogP contribution in [0.25, 0.3) is 0 Å². The lowest BCUT2D eigenvalue weighted by Crippen LogP contribution is -2.18. The predicted molar refractivity (Wildman–Crippen MR) is 73.7 cm³/mol. The second kappa shape index (κ2) is 6.67. The SMILES string of the molecule is CCCCCC1CC1CC(CC)(CC)CC. The lowest BCUT2D eigenvalue weighted by Gasteiger charge is -2.30. The molecule has 0 radical (unpaired) electrons. The zero-order chi connectivity index (χ0) is 12.0. The molecule has 0 heteroatoms. The first-order valence-electron chi connectivity index (χ1n) is 7.71. The van der Waals surface area contributed by atoms with Gasteiger partial charge < -0.3 is 0 Å². The van der Waals surface area contributed by atoms with E-state index in [1.54, 1.807) is 6.42 Å². The van der Waals surface area contributed by atoms with Gasteiger partial charge in [-0.3, -0.25) is 0 Å². The van der Waals surface area contributed by atoms with Gasteiger partial charge in [-0.1, -0.05) is 72.6 Å².